The van der Waals surface area contributed by atoms with Gasteiger partial charge in [-0.05, 0) is 19.1 Å². The van der Waals surface area contributed by atoms with Gasteiger partial charge in [0.05, 0.1) is 11.1 Å². The lowest BCUT2D eigenvalue weighted by molar-refractivity contribution is 0.402. The quantitative estimate of drug-likeness (QED) is 0.404. The molecule has 0 saturated carbocycles. The van der Waals surface area contributed by atoms with Gasteiger partial charge in [-0.25, -0.2) is 23.1 Å². The summed E-state index contributed by atoms with van der Waals surface area (Å²) in [5.41, 5.74) is 6.16. The molecule has 0 radical (unpaired) electrons. The average Bonchev–Trinajstić information content (AvgIpc) is 3.09. The van der Waals surface area contributed by atoms with Gasteiger partial charge in [0.25, 0.3) is 0 Å². The van der Waals surface area contributed by atoms with Crippen LogP contribution in [0.4, 0.5) is 23.4 Å². The lowest BCUT2D eigenvalue weighted by atomic mass is 10.1. The minimum absolute atomic E-state index is 0.0824. The number of benzene rings is 2. The number of nitrogens with zero attached hydrogens (tertiary/aromatic N) is 3. The van der Waals surface area contributed by atoms with E-state index >= 15 is 0 Å². The molecular formula is C18H11F4N5O. The largest absolute Gasteiger partial charge is 0.454 e. The predicted molar refractivity (Wildman–Crippen MR) is 92.6 cm³/mol. The molecule has 10 heteroatoms. The van der Waals surface area contributed by atoms with Gasteiger partial charge < -0.3 is 10.5 Å². The van der Waals surface area contributed by atoms with E-state index in [0.717, 1.165) is 6.07 Å². The van der Waals surface area contributed by atoms with Crippen molar-refractivity contribution in [3.63, 3.8) is 0 Å². The van der Waals surface area contributed by atoms with Gasteiger partial charge >= 0.3 is 0 Å². The van der Waals surface area contributed by atoms with E-state index in [1.165, 1.54) is 25.4 Å². The molecule has 0 atom stereocenters. The number of nitrogen functional groups attached to an aromatic ring is 1. The Kier molecular flexibility index (Phi) is 4.10. The zero-order valence-electron chi connectivity index (χ0n) is 14.2. The molecule has 0 spiro atoms. The summed E-state index contributed by atoms with van der Waals surface area (Å²) in [5.74, 6) is -5.22. The van der Waals surface area contributed by atoms with Crippen LogP contribution in [0.3, 0.4) is 0 Å². The molecular weight excluding hydrogens is 378 g/mol. The number of nitrogens with two attached hydrogens (primary N) is 1. The summed E-state index contributed by atoms with van der Waals surface area (Å²) in [6.45, 7) is 1.22. The molecule has 0 bridgehead atoms. The molecule has 0 aliphatic carbocycles. The molecule has 3 N–H and O–H groups in total. The average molecular weight is 389 g/mol. The number of halogens is 4. The van der Waals surface area contributed by atoms with E-state index in [1.54, 1.807) is 0 Å². The van der Waals surface area contributed by atoms with Crippen LogP contribution < -0.4 is 10.5 Å². The summed E-state index contributed by atoms with van der Waals surface area (Å²) in [4.78, 5) is 7.79. The molecule has 0 fully saturated rings. The topological polar surface area (TPSA) is 89.7 Å². The number of H-pyrrole nitrogens is 1. The third-order valence-corrected chi connectivity index (χ3v) is 4.17. The van der Waals surface area contributed by atoms with Crippen LogP contribution in [0.5, 0.6) is 11.5 Å². The van der Waals surface area contributed by atoms with E-state index in [0.29, 0.717) is 11.5 Å². The fourth-order valence-corrected chi connectivity index (χ4v) is 2.74. The van der Waals surface area contributed by atoms with Crippen LogP contribution in [0.2, 0.25) is 0 Å². The van der Waals surface area contributed by atoms with Gasteiger partial charge in [-0.15, -0.1) is 0 Å². The first kappa shape index (κ1) is 17.7. The maximum absolute atomic E-state index is 14.7. The third kappa shape index (κ3) is 2.79. The van der Waals surface area contributed by atoms with Crippen molar-refractivity contribution in [2.24, 2.45) is 0 Å². The predicted octanol–water partition coefficient (Wildman–Crippen LogP) is 4.26. The van der Waals surface area contributed by atoms with Gasteiger partial charge in [-0.2, -0.15) is 9.49 Å². The summed E-state index contributed by atoms with van der Waals surface area (Å²) in [6.07, 6.45) is 1.23. The fraction of sp³-hybridized carbons (Fsp3) is 0.0556. The number of fused-ring (bicyclic) bond motifs is 1. The number of hydrogen-bond acceptors (Lipinski definition) is 5. The summed E-state index contributed by atoms with van der Waals surface area (Å²) >= 11 is 0. The van der Waals surface area contributed by atoms with Crippen LogP contribution in [0.15, 0.2) is 30.6 Å². The molecule has 4 rings (SSSR count). The Hall–Kier alpha value is -3.69. The van der Waals surface area contributed by atoms with Crippen molar-refractivity contribution in [3.8, 4) is 22.8 Å². The standard InChI is InChI=1S/C18H11F4N5O/c1-7-10(19)5-12(21)14(22)16(7)28-8-2-3-9(11(20)4-8)15-13-17(23)24-6-25-18(13)27-26-15/h2-6H,1H3,(H3,23,24,25,26,27). The zero-order valence-corrected chi connectivity index (χ0v) is 14.2. The van der Waals surface area contributed by atoms with Gasteiger partial charge in [0.2, 0.25) is 5.82 Å². The Morgan fingerprint density at radius 3 is 2.54 bits per heavy atom. The number of rotatable bonds is 3. The Labute approximate surface area is 155 Å². The number of ether oxygens (including phenoxy) is 1. The van der Waals surface area contributed by atoms with Crippen LogP contribution in [-0.2, 0) is 0 Å². The maximum Gasteiger partial charge on any atom is 0.201 e. The summed E-state index contributed by atoms with van der Waals surface area (Å²) in [6, 6.07) is 4.00. The van der Waals surface area contributed by atoms with Crippen molar-refractivity contribution in [2.45, 2.75) is 6.92 Å². The lowest BCUT2D eigenvalue weighted by Crippen LogP contribution is -1.99. The number of anilines is 1. The summed E-state index contributed by atoms with van der Waals surface area (Å²) in [7, 11) is 0. The lowest BCUT2D eigenvalue weighted by Gasteiger charge is -2.12. The van der Waals surface area contributed by atoms with Gasteiger partial charge in [-0.1, -0.05) is 0 Å². The molecule has 0 unspecified atom stereocenters. The highest BCUT2D eigenvalue weighted by Crippen LogP contribution is 2.35. The van der Waals surface area contributed by atoms with Crippen molar-refractivity contribution in [1.29, 1.82) is 0 Å². The highest BCUT2D eigenvalue weighted by atomic mass is 19.2. The third-order valence-electron chi connectivity index (χ3n) is 4.17. The minimum atomic E-state index is -1.41. The van der Waals surface area contributed by atoms with E-state index in [9.17, 15) is 17.6 Å². The Morgan fingerprint density at radius 1 is 1.00 bits per heavy atom. The molecule has 0 aliphatic heterocycles. The SMILES string of the molecule is Cc1c(F)cc(F)c(F)c1Oc1ccc(-c2[nH]nc3ncnc(N)c23)c(F)c1. The van der Waals surface area contributed by atoms with Crippen LogP contribution in [-0.4, -0.2) is 20.2 Å². The second-order valence-electron chi connectivity index (χ2n) is 5.91. The maximum atomic E-state index is 14.7. The van der Waals surface area contributed by atoms with E-state index in [2.05, 4.69) is 20.2 Å². The summed E-state index contributed by atoms with van der Waals surface area (Å²) in [5, 5.41) is 6.92. The van der Waals surface area contributed by atoms with Crippen molar-refractivity contribution in [1.82, 2.24) is 20.2 Å². The van der Waals surface area contributed by atoms with Crippen molar-refractivity contribution < 1.29 is 22.3 Å². The Bertz CT molecular complexity index is 1200. The molecule has 2 heterocycles. The second-order valence-corrected chi connectivity index (χ2v) is 5.91. The number of hydrogen-bond donors (Lipinski definition) is 2. The number of aromatic amines is 1. The Morgan fingerprint density at radius 2 is 1.79 bits per heavy atom. The van der Waals surface area contributed by atoms with Gasteiger partial charge in [0, 0.05) is 23.3 Å². The smallest absolute Gasteiger partial charge is 0.201 e. The van der Waals surface area contributed by atoms with Crippen molar-refractivity contribution in [2.75, 3.05) is 5.73 Å². The molecule has 2 aromatic heterocycles. The van der Waals surface area contributed by atoms with Gasteiger partial charge in [-0.3, -0.25) is 5.10 Å². The van der Waals surface area contributed by atoms with E-state index in [1.807, 2.05) is 0 Å². The second kappa shape index (κ2) is 6.48. The zero-order chi connectivity index (χ0) is 20.0. The van der Waals surface area contributed by atoms with Crippen LogP contribution in [0, 0.1) is 30.2 Å². The van der Waals surface area contributed by atoms with Gasteiger partial charge in [0.1, 0.15) is 29.5 Å². The van der Waals surface area contributed by atoms with E-state index in [4.69, 9.17) is 10.5 Å². The first-order valence-corrected chi connectivity index (χ1v) is 7.93. The normalized spacial score (nSPS) is 11.2. The molecule has 4 aromatic rings. The molecule has 2 aromatic carbocycles. The molecule has 0 amide bonds. The van der Waals surface area contributed by atoms with E-state index < -0.39 is 29.0 Å². The summed E-state index contributed by atoms with van der Waals surface area (Å²) < 4.78 is 60.9. The molecule has 142 valence electrons. The highest BCUT2D eigenvalue weighted by molar-refractivity contribution is 5.97. The fourth-order valence-electron chi connectivity index (χ4n) is 2.74. The van der Waals surface area contributed by atoms with Crippen LogP contribution >= 0.6 is 0 Å². The first-order chi connectivity index (χ1) is 13.4. The first-order valence-electron chi connectivity index (χ1n) is 7.93. The van der Waals surface area contributed by atoms with Gasteiger partial charge in [0.15, 0.2) is 17.2 Å². The van der Waals surface area contributed by atoms with E-state index in [-0.39, 0.29) is 34.0 Å². The molecule has 28 heavy (non-hydrogen) atoms. The van der Waals surface area contributed by atoms with Crippen LogP contribution in [0.25, 0.3) is 22.3 Å². The monoisotopic (exact) mass is 389 g/mol. The van der Waals surface area contributed by atoms with Crippen molar-refractivity contribution in [3.05, 3.63) is 59.4 Å². The number of aromatic nitrogens is 4. The molecule has 0 saturated heterocycles. The Balaban J connectivity index is 1.75. The number of nitrogens with one attached hydrogen (secondary N) is 1. The van der Waals surface area contributed by atoms with Crippen LogP contribution in [0.1, 0.15) is 5.56 Å². The highest BCUT2D eigenvalue weighted by Gasteiger charge is 2.20. The minimum Gasteiger partial charge on any atom is -0.454 e. The molecule has 6 nitrogen and oxygen atoms in total. The molecule has 0 aliphatic rings. The van der Waals surface area contributed by atoms with Crippen molar-refractivity contribution >= 4 is 16.9 Å².